The largest absolute Gasteiger partial charge is 0.507 e. The van der Waals surface area contributed by atoms with E-state index >= 15 is 0 Å². The van der Waals surface area contributed by atoms with Gasteiger partial charge in [0.25, 0.3) is 11.7 Å². The normalized spacial score (nSPS) is 17.4. The quantitative estimate of drug-likeness (QED) is 0.255. The molecule has 6 nitrogen and oxygen atoms in total. The van der Waals surface area contributed by atoms with Gasteiger partial charge in [0.05, 0.1) is 31.4 Å². The molecule has 1 aliphatic rings. The monoisotopic (exact) mass is 517 g/mol. The molecule has 0 aliphatic carbocycles. The highest BCUT2D eigenvalue weighted by Gasteiger charge is 2.48. The number of carbonyl (C=O) groups excluding carboxylic acids is 2. The van der Waals surface area contributed by atoms with Gasteiger partial charge in [-0.05, 0) is 54.6 Å². The Morgan fingerprint density at radius 3 is 2.28 bits per heavy atom. The van der Waals surface area contributed by atoms with Gasteiger partial charge in [0.1, 0.15) is 17.3 Å². The Kier molecular flexibility index (Phi) is 6.69. The van der Waals surface area contributed by atoms with Crippen molar-refractivity contribution < 1.29 is 37.3 Å². The molecule has 1 unspecified atom stereocenters. The van der Waals surface area contributed by atoms with Crippen LogP contribution in [0.3, 0.4) is 0 Å². The van der Waals surface area contributed by atoms with Gasteiger partial charge in [0.15, 0.2) is 0 Å². The molecule has 1 saturated heterocycles. The number of hydrogen-bond acceptors (Lipinski definition) is 5. The molecule has 0 saturated carbocycles. The molecule has 1 heterocycles. The standard InChI is InChI=1S/C26H19ClF3NO5/c1-35-18-10-11-19(20(13-18)36-2)22-21(23(32)14-6-8-16(27)9-7-14)24(33)25(34)31(22)17-5-3-4-15(12-17)26(28,29)30/h3-13,22,32H,1-2H3/b23-21-. The Morgan fingerprint density at radius 1 is 0.972 bits per heavy atom. The van der Waals surface area contributed by atoms with E-state index in [0.29, 0.717) is 10.8 Å². The maximum Gasteiger partial charge on any atom is 0.416 e. The van der Waals surface area contributed by atoms with E-state index in [4.69, 9.17) is 21.1 Å². The van der Waals surface area contributed by atoms with Crippen LogP contribution in [0, 0.1) is 0 Å². The molecule has 3 aromatic rings. The second-order valence-electron chi connectivity index (χ2n) is 7.83. The Balaban J connectivity index is 2.00. The van der Waals surface area contributed by atoms with E-state index in [-0.39, 0.29) is 28.1 Å². The molecule has 1 amide bonds. The minimum atomic E-state index is -4.68. The molecule has 0 spiro atoms. The Hall–Kier alpha value is -3.98. The fourth-order valence-corrected chi connectivity index (χ4v) is 4.16. The fourth-order valence-electron chi connectivity index (χ4n) is 4.03. The van der Waals surface area contributed by atoms with Crippen LogP contribution in [0.4, 0.5) is 18.9 Å². The maximum atomic E-state index is 13.4. The number of ether oxygens (including phenoxy) is 2. The first-order valence-electron chi connectivity index (χ1n) is 10.5. The van der Waals surface area contributed by atoms with Crippen molar-refractivity contribution in [3.8, 4) is 11.5 Å². The van der Waals surface area contributed by atoms with Crippen molar-refractivity contribution in [3.63, 3.8) is 0 Å². The molecule has 3 aromatic carbocycles. The first-order valence-corrected chi connectivity index (χ1v) is 10.9. The van der Waals surface area contributed by atoms with Crippen LogP contribution in [-0.2, 0) is 15.8 Å². The number of aliphatic hydroxyl groups excluding tert-OH is 1. The molecule has 1 atom stereocenters. The zero-order chi connectivity index (χ0) is 26.2. The lowest BCUT2D eigenvalue weighted by atomic mass is 9.94. The van der Waals surface area contributed by atoms with Gasteiger partial charge >= 0.3 is 6.18 Å². The maximum absolute atomic E-state index is 13.4. The van der Waals surface area contributed by atoms with Crippen LogP contribution in [-0.4, -0.2) is 31.0 Å². The molecule has 0 radical (unpaired) electrons. The average molecular weight is 518 g/mol. The molecule has 186 valence electrons. The van der Waals surface area contributed by atoms with E-state index in [2.05, 4.69) is 0 Å². The molecule has 10 heteroatoms. The smallest absolute Gasteiger partial charge is 0.416 e. The van der Waals surface area contributed by atoms with Crippen molar-refractivity contribution in [2.75, 3.05) is 19.1 Å². The summed E-state index contributed by atoms with van der Waals surface area (Å²) in [7, 11) is 2.79. The number of anilines is 1. The molecule has 0 bridgehead atoms. The van der Waals surface area contributed by atoms with Gasteiger partial charge < -0.3 is 14.6 Å². The van der Waals surface area contributed by atoms with E-state index in [9.17, 15) is 27.9 Å². The summed E-state index contributed by atoms with van der Waals surface area (Å²) in [6, 6.07) is 13.2. The van der Waals surface area contributed by atoms with Crippen LogP contribution in [0.2, 0.25) is 5.02 Å². The summed E-state index contributed by atoms with van der Waals surface area (Å²) < 4.78 is 51.0. The first kappa shape index (κ1) is 25.1. The van der Waals surface area contributed by atoms with Gasteiger partial charge in [0, 0.05) is 27.9 Å². The van der Waals surface area contributed by atoms with Crippen molar-refractivity contribution in [2.24, 2.45) is 0 Å². The molecular weight excluding hydrogens is 499 g/mol. The summed E-state index contributed by atoms with van der Waals surface area (Å²) in [6.45, 7) is 0. The molecule has 1 fully saturated rings. The number of ketones is 1. The van der Waals surface area contributed by atoms with Crippen molar-refractivity contribution in [2.45, 2.75) is 12.2 Å². The Labute approximate surface area is 209 Å². The summed E-state index contributed by atoms with van der Waals surface area (Å²) in [5.41, 5.74) is -1.04. The van der Waals surface area contributed by atoms with Gasteiger partial charge in [-0.1, -0.05) is 17.7 Å². The van der Waals surface area contributed by atoms with Gasteiger partial charge in [0.2, 0.25) is 0 Å². The van der Waals surface area contributed by atoms with Crippen LogP contribution < -0.4 is 14.4 Å². The first-order chi connectivity index (χ1) is 17.1. The van der Waals surface area contributed by atoms with E-state index in [1.807, 2.05) is 0 Å². The zero-order valence-electron chi connectivity index (χ0n) is 19.0. The van der Waals surface area contributed by atoms with Crippen LogP contribution in [0.1, 0.15) is 22.7 Å². The number of hydrogen-bond donors (Lipinski definition) is 1. The Bertz CT molecular complexity index is 1370. The summed E-state index contributed by atoms with van der Waals surface area (Å²) in [6.07, 6.45) is -4.68. The Morgan fingerprint density at radius 2 is 1.67 bits per heavy atom. The summed E-state index contributed by atoms with van der Waals surface area (Å²) in [5, 5.41) is 11.5. The minimum Gasteiger partial charge on any atom is -0.507 e. The highest BCUT2D eigenvalue weighted by molar-refractivity contribution is 6.51. The highest BCUT2D eigenvalue weighted by Crippen LogP contribution is 2.46. The van der Waals surface area contributed by atoms with Crippen LogP contribution in [0.5, 0.6) is 11.5 Å². The summed E-state index contributed by atoms with van der Waals surface area (Å²) in [4.78, 5) is 27.4. The van der Waals surface area contributed by atoms with Gasteiger partial charge in [-0.15, -0.1) is 0 Å². The van der Waals surface area contributed by atoms with Gasteiger partial charge in [-0.3, -0.25) is 14.5 Å². The molecular formula is C26H19ClF3NO5. The lowest BCUT2D eigenvalue weighted by molar-refractivity contribution is -0.137. The predicted octanol–water partition coefficient (Wildman–Crippen LogP) is 6.00. The third kappa shape index (κ3) is 4.49. The average Bonchev–Trinajstić information content (AvgIpc) is 3.13. The number of rotatable bonds is 5. The summed E-state index contributed by atoms with van der Waals surface area (Å²) >= 11 is 5.93. The molecule has 4 rings (SSSR count). The van der Waals surface area contributed by atoms with Gasteiger partial charge in [-0.2, -0.15) is 13.2 Å². The van der Waals surface area contributed by atoms with E-state index in [0.717, 1.165) is 23.1 Å². The number of alkyl halides is 3. The third-order valence-electron chi connectivity index (χ3n) is 5.75. The number of carbonyl (C=O) groups is 2. The second-order valence-corrected chi connectivity index (χ2v) is 8.27. The topological polar surface area (TPSA) is 76.1 Å². The fraction of sp³-hybridized carbons (Fsp3) is 0.154. The number of methoxy groups -OCH3 is 2. The predicted molar refractivity (Wildman–Crippen MR) is 127 cm³/mol. The van der Waals surface area contributed by atoms with Crippen molar-refractivity contribution in [1.29, 1.82) is 0 Å². The second kappa shape index (κ2) is 9.58. The van der Waals surface area contributed by atoms with Crippen molar-refractivity contribution >= 4 is 34.7 Å². The van der Waals surface area contributed by atoms with E-state index in [1.165, 1.54) is 56.7 Å². The number of amides is 1. The van der Waals surface area contributed by atoms with E-state index in [1.54, 1.807) is 6.07 Å². The number of halogens is 4. The van der Waals surface area contributed by atoms with Gasteiger partial charge in [-0.25, -0.2) is 0 Å². The molecule has 36 heavy (non-hydrogen) atoms. The van der Waals surface area contributed by atoms with Crippen molar-refractivity contribution in [3.05, 3.63) is 94.0 Å². The number of Topliss-reactive ketones (excluding diaryl/α,β-unsaturated/α-hetero) is 1. The number of benzene rings is 3. The van der Waals surface area contributed by atoms with E-state index < -0.39 is 35.2 Å². The van der Waals surface area contributed by atoms with Crippen LogP contribution in [0.25, 0.3) is 5.76 Å². The zero-order valence-corrected chi connectivity index (χ0v) is 19.7. The summed E-state index contributed by atoms with van der Waals surface area (Å²) in [5.74, 6) is -2.08. The van der Waals surface area contributed by atoms with Crippen molar-refractivity contribution in [1.82, 2.24) is 0 Å². The molecule has 1 N–H and O–H groups in total. The SMILES string of the molecule is COc1ccc(C2/C(=C(/O)c3ccc(Cl)cc3)C(=O)C(=O)N2c2cccc(C(F)(F)F)c2)c(OC)c1. The molecule has 0 aromatic heterocycles. The number of nitrogens with zero attached hydrogens (tertiary/aromatic N) is 1. The lowest BCUT2D eigenvalue weighted by Crippen LogP contribution is -2.30. The van der Waals surface area contributed by atoms with Crippen LogP contribution >= 0.6 is 11.6 Å². The minimum absolute atomic E-state index is 0.176. The number of aliphatic hydroxyl groups is 1. The molecule has 1 aliphatic heterocycles. The van der Waals surface area contributed by atoms with Crippen LogP contribution in [0.15, 0.2) is 72.3 Å². The highest BCUT2D eigenvalue weighted by atomic mass is 35.5. The lowest BCUT2D eigenvalue weighted by Gasteiger charge is -2.27. The third-order valence-corrected chi connectivity index (χ3v) is 6.00.